The van der Waals surface area contributed by atoms with E-state index in [-0.39, 0.29) is 6.03 Å². The minimum absolute atomic E-state index is 0.0531. The predicted molar refractivity (Wildman–Crippen MR) is 125 cm³/mol. The molecule has 2 aliphatic rings. The van der Waals surface area contributed by atoms with Gasteiger partial charge in [-0.25, -0.2) is 9.78 Å². The molecule has 2 amide bonds. The molecule has 0 N–H and O–H groups in total. The van der Waals surface area contributed by atoms with Gasteiger partial charge in [-0.3, -0.25) is 14.4 Å². The lowest BCUT2D eigenvalue weighted by atomic mass is 10.1. The SMILES string of the molecule is COc1ccc(-c2ncn3c2CN(C(=O)N2CC(C)N(C)C(C)C2)c2ccccc2-3)cc1. The van der Waals surface area contributed by atoms with E-state index in [1.165, 1.54) is 0 Å². The number of urea groups is 1. The second-order valence-electron chi connectivity index (χ2n) is 8.76. The van der Waals surface area contributed by atoms with Gasteiger partial charge in [0.25, 0.3) is 0 Å². The molecule has 3 aromatic rings. The number of hydrogen-bond donors (Lipinski definition) is 0. The van der Waals surface area contributed by atoms with Gasteiger partial charge in [0.15, 0.2) is 0 Å². The summed E-state index contributed by atoms with van der Waals surface area (Å²) in [6, 6.07) is 16.7. The van der Waals surface area contributed by atoms with Crippen LogP contribution in [0.4, 0.5) is 10.5 Å². The molecule has 0 saturated carbocycles. The number of nitrogens with zero attached hydrogens (tertiary/aromatic N) is 5. The van der Waals surface area contributed by atoms with Crippen molar-refractivity contribution in [3.63, 3.8) is 0 Å². The number of methoxy groups -OCH3 is 1. The van der Waals surface area contributed by atoms with Gasteiger partial charge in [0, 0.05) is 30.7 Å². The Kier molecular flexibility index (Phi) is 5.13. The van der Waals surface area contributed by atoms with Gasteiger partial charge in [0.2, 0.25) is 0 Å². The topological polar surface area (TPSA) is 53.8 Å². The number of piperazine rings is 1. The average molecular weight is 432 g/mol. The highest BCUT2D eigenvalue weighted by atomic mass is 16.5. The van der Waals surface area contributed by atoms with E-state index >= 15 is 0 Å². The quantitative estimate of drug-likeness (QED) is 0.615. The van der Waals surface area contributed by atoms with E-state index in [1.54, 1.807) is 7.11 Å². The maximum Gasteiger partial charge on any atom is 0.325 e. The third kappa shape index (κ3) is 3.33. The number of anilines is 1. The molecule has 2 aromatic carbocycles. The third-order valence-corrected chi connectivity index (χ3v) is 6.83. The zero-order valence-electron chi connectivity index (χ0n) is 19.0. The fourth-order valence-electron chi connectivity index (χ4n) is 4.76. The Morgan fingerprint density at radius 1 is 1.00 bits per heavy atom. The zero-order valence-corrected chi connectivity index (χ0v) is 19.0. The van der Waals surface area contributed by atoms with Crippen LogP contribution in [0.3, 0.4) is 0 Å². The molecule has 1 fully saturated rings. The van der Waals surface area contributed by atoms with Gasteiger partial charge < -0.3 is 9.64 Å². The number of benzene rings is 2. The first kappa shape index (κ1) is 20.6. The Labute approximate surface area is 188 Å². The van der Waals surface area contributed by atoms with Gasteiger partial charge in [-0.1, -0.05) is 12.1 Å². The number of rotatable bonds is 2. The van der Waals surface area contributed by atoms with Crippen molar-refractivity contribution in [2.75, 3.05) is 32.1 Å². The minimum atomic E-state index is 0.0531. The molecule has 7 nitrogen and oxygen atoms in total. The second-order valence-corrected chi connectivity index (χ2v) is 8.76. The number of carbonyl (C=O) groups is 1. The summed E-state index contributed by atoms with van der Waals surface area (Å²) in [7, 11) is 3.79. The van der Waals surface area contributed by atoms with E-state index in [2.05, 4.69) is 30.4 Å². The van der Waals surface area contributed by atoms with Gasteiger partial charge in [-0.2, -0.15) is 0 Å². The molecule has 32 heavy (non-hydrogen) atoms. The number of amides is 2. The van der Waals surface area contributed by atoms with Crippen molar-refractivity contribution in [2.45, 2.75) is 32.5 Å². The highest BCUT2D eigenvalue weighted by Crippen LogP contribution is 2.37. The standard InChI is InChI=1S/C25H29N5O2/c1-17-13-28(14-18(2)27(17)3)25(31)29-15-23-24(19-9-11-20(32-4)12-10-19)26-16-30(23)22-8-6-5-7-21(22)29/h5-12,16-18H,13-15H2,1-4H3. The van der Waals surface area contributed by atoms with Gasteiger partial charge in [0.1, 0.15) is 12.1 Å². The molecule has 166 valence electrons. The summed E-state index contributed by atoms with van der Waals surface area (Å²) in [4.78, 5) is 24.7. The molecule has 1 aromatic heterocycles. The van der Waals surface area contributed by atoms with E-state index in [9.17, 15) is 4.79 Å². The van der Waals surface area contributed by atoms with Crippen LogP contribution in [0.1, 0.15) is 19.5 Å². The van der Waals surface area contributed by atoms with Gasteiger partial charge in [-0.15, -0.1) is 0 Å². The van der Waals surface area contributed by atoms with Crippen LogP contribution in [0.15, 0.2) is 54.9 Å². The maximum atomic E-state index is 13.8. The van der Waals surface area contributed by atoms with E-state index in [4.69, 9.17) is 9.72 Å². The molecular formula is C25H29N5O2. The summed E-state index contributed by atoms with van der Waals surface area (Å²) in [5.41, 5.74) is 4.80. The molecular weight excluding hydrogens is 402 g/mol. The number of carbonyl (C=O) groups excluding carboxylic acids is 1. The highest BCUT2D eigenvalue weighted by molar-refractivity contribution is 5.95. The second kappa shape index (κ2) is 7.98. The van der Waals surface area contributed by atoms with Gasteiger partial charge in [-0.05, 0) is 57.3 Å². The Balaban J connectivity index is 1.53. The number of fused-ring (bicyclic) bond motifs is 3. The van der Waals surface area contributed by atoms with Gasteiger partial charge >= 0.3 is 6.03 Å². The van der Waals surface area contributed by atoms with Crippen molar-refractivity contribution < 1.29 is 9.53 Å². The molecule has 5 rings (SSSR count). The van der Waals surface area contributed by atoms with Crippen molar-refractivity contribution in [1.82, 2.24) is 19.4 Å². The summed E-state index contributed by atoms with van der Waals surface area (Å²) in [5.74, 6) is 0.808. The Morgan fingerprint density at radius 3 is 2.31 bits per heavy atom. The van der Waals surface area contributed by atoms with Crippen LogP contribution in [0.25, 0.3) is 16.9 Å². The lowest BCUT2D eigenvalue weighted by Crippen LogP contribution is -2.59. The van der Waals surface area contributed by atoms with Crippen LogP contribution < -0.4 is 9.64 Å². The van der Waals surface area contributed by atoms with Crippen LogP contribution in [-0.4, -0.2) is 64.7 Å². The van der Waals surface area contributed by atoms with Crippen LogP contribution >= 0.6 is 0 Å². The molecule has 0 spiro atoms. The number of para-hydroxylation sites is 2. The number of aromatic nitrogens is 2. The molecule has 7 heteroatoms. The molecule has 2 atom stereocenters. The van der Waals surface area contributed by atoms with Crippen LogP contribution in [0.5, 0.6) is 5.75 Å². The van der Waals surface area contributed by atoms with Crippen molar-refractivity contribution in [2.24, 2.45) is 0 Å². The number of likely N-dealkylation sites (N-methyl/N-ethyl adjacent to an activating group) is 1. The van der Waals surface area contributed by atoms with Crippen molar-refractivity contribution in [3.8, 4) is 22.7 Å². The Bertz CT molecular complexity index is 1130. The minimum Gasteiger partial charge on any atom is -0.497 e. The summed E-state index contributed by atoms with van der Waals surface area (Å²) >= 11 is 0. The molecule has 3 heterocycles. The maximum absolute atomic E-state index is 13.8. The summed E-state index contributed by atoms with van der Waals surface area (Å²) < 4.78 is 7.40. The normalized spacial score (nSPS) is 20.6. The first-order chi connectivity index (χ1) is 15.5. The number of ether oxygens (including phenoxy) is 1. The van der Waals surface area contributed by atoms with Crippen molar-refractivity contribution >= 4 is 11.7 Å². The first-order valence-corrected chi connectivity index (χ1v) is 11.1. The van der Waals surface area contributed by atoms with Crippen molar-refractivity contribution in [3.05, 3.63) is 60.6 Å². The Morgan fingerprint density at radius 2 is 1.66 bits per heavy atom. The molecule has 2 aliphatic heterocycles. The summed E-state index contributed by atoms with van der Waals surface area (Å²) in [6.45, 7) is 6.28. The van der Waals surface area contributed by atoms with Crippen LogP contribution in [-0.2, 0) is 6.54 Å². The molecule has 0 aliphatic carbocycles. The smallest absolute Gasteiger partial charge is 0.325 e. The van der Waals surface area contributed by atoms with Gasteiger partial charge in [0.05, 0.1) is 36.4 Å². The average Bonchev–Trinajstić information content (AvgIpc) is 3.25. The number of imidazole rings is 1. The monoisotopic (exact) mass is 431 g/mol. The largest absolute Gasteiger partial charge is 0.497 e. The van der Waals surface area contributed by atoms with Crippen LogP contribution in [0, 0.1) is 0 Å². The third-order valence-electron chi connectivity index (χ3n) is 6.83. The lowest BCUT2D eigenvalue weighted by molar-refractivity contribution is 0.0791. The fourth-order valence-corrected chi connectivity index (χ4v) is 4.76. The highest BCUT2D eigenvalue weighted by Gasteiger charge is 2.35. The Hall–Kier alpha value is -3.32. The van der Waals surface area contributed by atoms with Crippen molar-refractivity contribution in [1.29, 1.82) is 0 Å². The van der Waals surface area contributed by atoms with E-state index in [0.29, 0.717) is 18.6 Å². The van der Waals surface area contributed by atoms with E-state index in [1.807, 2.05) is 64.7 Å². The summed E-state index contributed by atoms with van der Waals surface area (Å²) in [6.07, 6.45) is 1.86. The van der Waals surface area contributed by atoms with Crippen LogP contribution in [0.2, 0.25) is 0 Å². The van der Waals surface area contributed by atoms with E-state index < -0.39 is 0 Å². The summed E-state index contributed by atoms with van der Waals surface area (Å²) in [5, 5.41) is 0. The zero-order chi connectivity index (χ0) is 22.4. The molecule has 2 unspecified atom stereocenters. The molecule has 0 radical (unpaired) electrons. The molecule has 0 bridgehead atoms. The molecule has 1 saturated heterocycles. The first-order valence-electron chi connectivity index (χ1n) is 11.1. The predicted octanol–water partition coefficient (Wildman–Crippen LogP) is 4.01. The van der Waals surface area contributed by atoms with E-state index in [0.717, 1.165) is 47.2 Å². The number of hydrogen-bond acceptors (Lipinski definition) is 4. The fraction of sp³-hybridized carbons (Fsp3) is 0.360. The lowest BCUT2D eigenvalue weighted by Gasteiger charge is -2.44.